The molecule has 0 amide bonds. The van der Waals surface area contributed by atoms with Crippen molar-refractivity contribution in [2.75, 3.05) is 4.72 Å². The van der Waals surface area contributed by atoms with E-state index in [9.17, 15) is 18.3 Å². The van der Waals surface area contributed by atoms with Crippen molar-refractivity contribution in [2.45, 2.75) is 53.3 Å². The van der Waals surface area contributed by atoms with Crippen LogP contribution in [0, 0.1) is 5.92 Å². The van der Waals surface area contributed by atoms with Gasteiger partial charge < -0.3 is 9.52 Å². The number of nitrogens with zero attached hydrogens (tertiary/aromatic N) is 1. The number of sulfonamides is 1. The fraction of sp³-hybridized carbons (Fsp3) is 0.290. The zero-order valence-corrected chi connectivity index (χ0v) is 25.7. The molecule has 2 N–H and O–H groups in total. The van der Waals surface area contributed by atoms with Crippen LogP contribution in [0.1, 0.15) is 66.0 Å². The van der Waals surface area contributed by atoms with Crippen LogP contribution in [-0.2, 0) is 20.2 Å². The molecule has 1 fully saturated rings. The number of rotatable bonds is 10. The van der Waals surface area contributed by atoms with Crippen molar-refractivity contribution in [2.24, 2.45) is 5.92 Å². The monoisotopic (exact) mass is 646 g/mol. The van der Waals surface area contributed by atoms with E-state index >= 15 is 0 Å². The Morgan fingerprint density at radius 2 is 1.79 bits per heavy atom. The molecule has 11 heteroatoms. The summed E-state index contributed by atoms with van der Waals surface area (Å²) in [4.78, 5) is 17.2. The Morgan fingerprint density at radius 3 is 2.38 bits per heavy atom. The molecule has 0 bridgehead atoms. The smallest absolute Gasteiger partial charge is 0.343 e. The summed E-state index contributed by atoms with van der Waals surface area (Å²) in [5.41, 5.74) is 2.15. The molecule has 220 valence electrons. The first kappa shape index (κ1) is 30.4. The molecule has 1 aliphatic carbocycles. The summed E-state index contributed by atoms with van der Waals surface area (Å²) in [7, 11) is -4.01. The number of hydrogen-bond acceptors (Lipinski definition) is 6. The van der Waals surface area contributed by atoms with E-state index in [1.165, 1.54) is 18.3 Å². The molecule has 7 nitrogen and oxygen atoms in total. The third-order valence-electron chi connectivity index (χ3n) is 7.44. The number of benzene rings is 2. The number of halogens is 3. The van der Waals surface area contributed by atoms with Gasteiger partial charge in [0, 0.05) is 35.3 Å². The van der Waals surface area contributed by atoms with Gasteiger partial charge in [0.05, 0.1) is 5.56 Å². The Balaban J connectivity index is 1.35. The first-order valence-electron chi connectivity index (χ1n) is 13.5. The summed E-state index contributed by atoms with van der Waals surface area (Å²) in [6, 6.07) is 20.9. The molecule has 0 aliphatic heterocycles. The highest BCUT2D eigenvalue weighted by Gasteiger charge is 2.37. The maximum atomic E-state index is 13.3. The predicted molar refractivity (Wildman–Crippen MR) is 165 cm³/mol. The van der Waals surface area contributed by atoms with E-state index in [2.05, 4.69) is 9.71 Å². The molecule has 0 saturated heterocycles. The second kappa shape index (κ2) is 12.3. The molecule has 0 spiro atoms. The lowest BCUT2D eigenvalue weighted by Crippen LogP contribution is -2.18. The third kappa shape index (κ3) is 6.94. The third-order valence-corrected chi connectivity index (χ3v) is 9.40. The summed E-state index contributed by atoms with van der Waals surface area (Å²) in [6.45, 7) is 1.96. The average Bonchev–Trinajstić information content (AvgIpc) is 3.79. The molecule has 2 atom stereocenters. The number of aromatic nitrogens is 1. The van der Waals surface area contributed by atoms with E-state index in [0.29, 0.717) is 35.8 Å². The quantitative estimate of drug-likeness (QED) is 0.171. The van der Waals surface area contributed by atoms with Crippen molar-refractivity contribution in [3.63, 3.8) is 0 Å². The second-order valence-corrected chi connectivity index (χ2v) is 14.4. The van der Waals surface area contributed by atoms with Gasteiger partial charge in [0.2, 0.25) is 3.79 Å². The molecule has 2 heterocycles. The summed E-state index contributed by atoms with van der Waals surface area (Å²) in [5, 5.41) is 10.8. The highest BCUT2D eigenvalue weighted by atomic mass is 35.6. The number of aromatic hydroxyl groups is 1. The first-order chi connectivity index (χ1) is 20.0. The minimum Gasteiger partial charge on any atom is -0.507 e. The molecule has 1 aliphatic rings. The summed E-state index contributed by atoms with van der Waals surface area (Å²) < 4.78 is 32.5. The summed E-state index contributed by atoms with van der Waals surface area (Å²) >= 11 is 17.5. The highest BCUT2D eigenvalue weighted by molar-refractivity contribution is 7.92. The fourth-order valence-electron chi connectivity index (χ4n) is 5.17. The second-order valence-electron chi connectivity index (χ2n) is 10.5. The van der Waals surface area contributed by atoms with Crippen molar-refractivity contribution < 1.29 is 17.9 Å². The van der Waals surface area contributed by atoms with Crippen molar-refractivity contribution in [1.29, 1.82) is 0 Å². The predicted octanol–water partition coefficient (Wildman–Crippen LogP) is 7.65. The van der Waals surface area contributed by atoms with Gasteiger partial charge in [0.15, 0.2) is 5.03 Å². The van der Waals surface area contributed by atoms with E-state index in [0.717, 1.165) is 24.0 Å². The molecule has 2 aromatic carbocycles. The van der Waals surface area contributed by atoms with E-state index in [4.69, 9.17) is 39.2 Å². The lowest BCUT2D eigenvalue weighted by atomic mass is 9.87. The zero-order chi connectivity index (χ0) is 30.1. The SMILES string of the molecule is CCC(Cc1cccc(NS(=O)(=O)c2ccc(C(Cl)(Cl)Cl)cn2)c1)c1cc(O)c(C(c2ccccc2)C2CC2)c(=O)o1. The number of nitrogens with one attached hydrogen (secondary N) is 1. The van der Waals surface area contributed by atoms with Gasteiger partial charge in [-0.15, -0.1) is 0 Å². The molecule has 0 radical (unpaired) electrons. The highest BCUT2D eigenvalue weighted by Crippen LogP contribution is 2.47. The lowest BCUT2D eigenvalue weighted by Gasteiger charge is -2.20. The van der Waals surface area contributed by atoms with Crippen LogP contribution < -0.4 is 10.3 Å². The molecule has 1 saturated carbocycles. The number of pyridine rings is 1. The van der Waals surface area contributed by atoms with E-state index in [-0.39, 0.29) is 28.2 Å². The normalized spacial score (nSPS) is 15.2. The standard InChI is InChI=1S/C31H29Cl3N2O5S/c1-2-20(26-17-25(37)29(30(38)41-26)28(22-11-12-22)21-8-4-3-5-9-21)15-19-7-6-10-24(16-19)36-42(39,40)27-14-13-23(18-35-27)31(32,33)34/h3-10,13-14,16-18,20,22,28,36-37H,2,11-12,15H2,1H3. The summed E-state index contributed by atoms with van der Waals surface area (Å²) in [5.74, 6) is 0.181. The molecular weight excluding hydrogens is 619 g/mol. The van der Waals surface area contributed by atoms with Crippen LogP contribution in [-0.4, -0.2) is 18.5 Å². The Kier molecular flexibility index (Phi) is 8.90. The maximum absolute atomic E-state index is 13.3. The Morgan fingerprint density at radius 1 is 1.05 bits per heavy atom. The summed E-state index contributed by atoms with van der Waals surface area (Å²) in [6.07, 6.45) is 4.27. The maximum Gasteiger partial charge on any atom is 0.343 e. The zero-order valence-electron chi connectivity index (χ0n) is 22.6. The van der Waals surface area contributed by atoms with Crippen molar-refractivity contribution in [1.82, 2.24) is 4.98 Å². The van der Waals surface area contributed by atoms with E-state index < -0.39 is 19.4 Å². The number of alkyl halides is 3. The van der Waals surface area contributed by atoms with Crippen LogP contribution in [0.3, 0.4) is 0 Å². The molecule has 5 rings (SSSR count). The Hall–Kier alpha value is -3.04. The van der Waals surface area contributed by atoms with Gasteiger partial charge in [0.1, 0.15) is 11.5 Å². The number of hydrogen-bond donors (Lipinski definition) is 2. The van der Waals surface area contributed by atoms with Crippen LogP contribution in [0.25, 0.3) is 0 Å². The first-order valence-corrected chi connectivity index (χ1v) is 16.1. The lowest BCUT2D eigenvalue weighted by molar-refractivity contribution is 0.379. The average molecular weight is 648 g/mol. The van der Waals surface area contributed by atoms with E-state index in [1.807, 2.05) is 43.3 Å². The molecule has 2 aromatic heterocycles. The molecule has 2 unspecified atom stereocenters. The molecular formula is C31H29Cl3N2O5S. The molecule has 4 aromatic rings. The van der Waals surface area contributed by atoms with Crippen LogP contribution >= 0.6 is 34.8 Å². The van der Waals surface area contributed by atoms with Crippen LogP contribution in [0.4, 0.5) is 5.69 Å². The van der Waals surface area contributed by atoms with Gasteiger partial charge in [0.25, 0.3) is 10.0 Å². The van der Waals surface area contributed by atoms with Gasteiger partial charge in [-0.2, -0.15) is 8.42 Å². The van der Waals surface area contributed by atoms with Gasteiger partial charge in [-0.25, -0.2) is 9.78 Å². The number of anilines is 1. The Labute approximate surface area is 259 Å². The van der Waals surface area contributed by atoms with Crippen LogP contribution in [0.15, 0.2) is 93.2 Å². The van der Waals surface area contributed by atoms with Gasteiger partial charge in [-0.1, -0.05) is 90.3 Å². The Bertz CT molecular complexity index is 1720. The van der Waals surface area contributed by atoms with Crippen molar-refractivity contribution in [3.05, 3.63) is 117 Å². The van der Waals surface area contributed by atoms with Gasteiger partial charge in [-0.05, 0) is 60.9 Å². The largest absolute Gasteiger partial charge is 0.507 e. The topological polar surface area (TPSA) is 110 Å². The van der Waals surface area contributed by atoms with Gasteiger partial charge >= 0.3 is 5.63 Å². The molecule has 42 heavy (non-hydrogen) atoms. The van der Waals surface area contributed by atoms with Crippen molar-refractivity contribution in [3.8, 4) is 5.75 Å². The fourth-order valence-corrected chi connectivity index (χ4v) is 6.48. The minimum atomic E-state index is -4.01. The van der Waals surface area contributed by atoms with Crippen molar-refractivity contribution >= 4 is 50.5 Å². The minimum absolute atomic E-state index is 0.0600. The van der Waals surface area contributed by atoms with Gasteiger partial charge in [-0.3, -0.25) is 4.72 Å². The van der Waals surface area contributed by atoms with Crippen LogP contribution in [0.2, 0.25) is 0 Å². The van der Waals surface area contributed by atoms with E-state index in [1.54, 1.807) is 24.3 Å². The van der Waals surface area contributed by atoms with Crippen LogP contribution in [0.5, 0.6) is 5.75 Å².